The Bertz CT molecular complexity index is 558. The Hall–Kier alpha value is -1.88. The van der Waals surface area contributed by atoms with Crippen LogP contribution in [0.1, 0.15) is 24.8 Å². The van der Waals surface area contributed by atoms with Gasteiger partial charge in [0.15, 0.2) is 0 Å². The molecule has 5 heteroatoms. The van der Waals surface area contributed by atoms with E-state index >= 15 is 0 Å². The van der Waals surface area contributed by atoms with Crippen molar-refractivity contribution in [1.29, 1.82) is 0 Å². The number of carbonyl (C=O) groups excluding carboxylic acids is 2. The van der Waals surface area contributed by atoms with E-state index in [2.05, 4.69) is 6.07 Å². The average molecular weight is 287 g/mol. The molecule has 2 aliphatic rings. The summed E-state index contributed by atoms with van der Waals surface area (Å²) in [6.45, 7) is 1.78. The summed E-state index contributed by atoms with van der Waals surface area (Å²) >= 11 is 0. The van der Waals surface area contributed by atoms with Crippen molar-refractivity contribution in [2.24, 2.45) is 5.73 Å². The third-order valence-corrected chi connectivity index (χ3v) is 4.47. The zero-order chi connectivity index (χ0) is 14.8. The molecular weight excluding hydrogens is 266 g/mol. The first-order chi connectivity index (χ1) is 10.2. The van der Waals surface area contributed by atoms with E-state index in [4.69, 9.17) is 5.73 Å². The first kappa shape index (κ1) is 14.1. The molecule has 2 amide bonds. The SMILES string of the molecule is NC(=O)C1CCCCN1CC(=O)N1CCc2ccccc21. The van der Waals surface area contributed by atoms with Gasteiger partial charge in [-0.1, -0.05) is 24.6 Å². The standard InChI is InChI=1S/C16H21N3O2/c17-16(21)14-7-3-4-9-18(14)11-15(20)19-10-8-12-5-1-2-6-13(12)19/h1-2,5-6,14H,3-4,7-11H2,(H2,17,21). The quantitative estimate of drug-likeness (QED) is 0.899. The van der Waals surface area contributed by atoms with E-state index in [1.807, 2.05) is 28.0 Å². The van der Waals surface area contributed by atoms with Gasteiger partial charge in [0.1, 0.15) is 0 Å². The summed E-state index contributed by atoms with van der Waals surface area (Å²) in [4.78, 5) is 27.9. The number of amides is 2. The van der Waals surface area contributed by atoms with Crippen LogP contribution in [-0.4, -0.2) is 42.4 Å². The number of likely N-dealkylation sites (tertiary alicyclic amines) is 1. The number of hydrogen-bond donors (Lipinski definition) is 1. The molecule has 112 valence electrons. The summed E-state index contributed by atoms with van der Waals surface area (Å²) in [5.41, 5.74) is 7.69. The zero-order valence-corrected chi connectivity index (χ0v) is 12.1. The minimum Gasteiger partial charge on any atom is -0.368 e. The van der Waals surface area contributed by atoms with E-state index < -0.39 is 0 Å². The van der Waals surface area contributed by atoms with Crippen molar-refractivity contribution < 1.29 is 9.59 Å². The number of nitrogens with two attached hydrogens (primary N) is 1. The number of carbonyl (C=O) groups is 2. The van der Waals surface area contributed by atoms with Gasteiger partial charge in [0.2, 0.25) is 11.8 Å². The largest absolute Gasteiger partial charge is 0.368 e. The fourth-order valence-electron chi connectivity index (χ4n) is 3.36. The molecule has 1 aromatic carbocycles. The summed E-state index contributed by atoms with van der Waals surface area (Å²) in [6.07, 6.45) is 3.69. The second-order valence-corrected chi connectivity index (χ2v) is 5.81. The first-order valence-corrected chi connectivity index (χ1v) is 7.58. The van der Waals surface area contributed by atoms with Crippen molar-refractivity contribution in [2.45, 2.75) is 31.7 Å². The van der Waals surface area contributed by atoms with Crippen LogP contribution in [0.5, 0.6) is 0 Å². The van der Waals surface area contributed by atoms with Crippen LogP contribution in [0.25, 0.3) is 0 Å². The highest BCUT2D eigenvalue weighted by atomic mass is 16.2. The van der Waals surface area contributed by atoms with E-state index in [1.54, 1.807) is 0 Å². The second-order valence-electron chi connectivity index (χ2n) is 5.81. The molecule has 1 aromatic rings. The number of hydrogen-bond acceptors (Lipinski definition) is 3. The highest BCUT2D eigenvalue weighted by molar-refractivity contribution is 5.97. The molecule has 1 saturated heterocycles. The number of benzene rings is 1. The summed E-state index contributed by atoms with van der Waals surface area (Å²) in [6, 6.07) is 7.72. The molecule has 1 fully saturated rings. The molecule has 0 aromatic heterocycles. The number of primary amides is 1. The van der Waals surface area contributed by atoms with Gasteiger partial charge >= 0.3 is 0 Å². The molecule has 2 aliphatic heterocycles. The highest BCUT2D eigenvalue weighted by Crippen LogP contribution is 2.28. The van der Waals surface area contributed by atoms with Crippen molar-refractivity contribution in [3.63, 3.8) is 0 Å². The smallest absolute Gasteiger partial charge is 0.241 e. The van der Waals surface area contributed by atoms with Gasteiger partial charge in [-0.05, 0) is 37.4 Å². The minimum absolute atomic E-state index is 0.0631. The predicted octanol–water partition coefficient (Wildman–Crippen LogP) is 0.916. The second kappa shape index (κ2) is 5.85. The van der Waals surface area contributed by atoms with E-state index in [0.29, 0.717) is 0 Å². The third kappa shape index (κ3) is 2.78. The molecule has 0 radical (unpaired) electrons. The molecule has 1 unspecified atom stereocenters. The van der Waals surface area contributed by atoms with Crippen molar-refractivity contribution in [3.8, 4) is 0 Å². The Morgan fingerprint density at radius 2 is 2.00 bits per heavy atom. The van der Waals surface area contributed by atoms with Crippen LogP contribution >= 0.6 is 0 Å². The average Bonchev–Trinajstić information content (AvgIpc) is 2.91. The number of piperidine rings is 1. The van der Waals surface area contributed by atoms with Crippen LogP contribution in [0, 0.1) is 0 Å². The van der Waals surface area contributed by atoms with Crippen molar-refractivity contribution >= 4 is 17.5 Å². The zero-order valence-electron chi connectivity index (χ0n) is 12.1. The molecule has 1 atom stereocenters. The topological polar surface area (TPSA) is 66.6 Å². The first-order valence-electron chi connectivity index (χ1n) is 7.58. The van der Waals surface area contributed by atoms with Gasteiger partial charge in [0, 0.05) is 12.2 Å². The van der Waals surface area contributed by atoms with Crippen LogP contribution in [0.3, 0.4) is 0 Å². The molecular formula is C16H21N3O2. The van der Waals surface area contributed by atoms with Crippen LogP contribution in [0.4, 0.5) is 5.69 Å². The fourth-order valence-corrected chi connectivity index (χ4v) is 3.36. The monoisotopic (exact) mass is 287 g/mol. The lowest BCUT2D eigenvalue weighted by Crippen LogP contribution is -2.51. The molecule has 5 nitrogen and oxygen atoms in total. The molecule has 0 saturated carbocycles. The highest BCUT2D eigenvalue weighted by Gasteiger charge is 2.31. The summed E-state index contributed by atoms with van der Waals surface area (Å²) < 4.78 is 0. The molecule has 2 N–H and O–H groups in total. The van der Waals surface area contributed by atoms with Crippen LogP contribution in [-0.2, 0) is 16.0 Å². The van der Waals surface area contributed by atoms with Crippen molar-refractivity contribution in [3.05, 3.63) is 29.8 Å². The number of rotatable bonds is 3. The van der Waals surface area contributed by atoms with Crippen LogP contribution in [0.15, 0.2) is 24.3 Å². The lowest BCUT2D eigenvalue weighted by Gasteiger charge is -2.34. The maximum absolute atomic E-state index is 12.6. The Morgan fingerprint density at radius 3 is 2.81 bits per heavy atom. The fraction of sp³-hybridized carbons (Fsp3) is 0.500. The lowest BCUT2D eigenvalue weighted by molar-refractivity contribution is -0.127. The third-order valence-electron chi connectivity index (χ3n) is 4.47. The summed E-state index contributed by atoms with van der Waals surface area (Å²) in [5, 5.41) is 0. The Balaban J connectivity index is 1.70. The van der Waals surface area contributed by atoms with E-state index in [1.165, 1.54) is 5.56 Å². The van der Waals surface area contributed by atoms with Crippen LogP contribution in [0.2, 0.25) is 0 Å². The number of anilines is 1. The van der Waals surface area contributed by atoms with E-state index in [0.717, 1.165) is 44.5 Å². The molecule has 21 heavy (non-hydrogen) atoms. The molecule has 2 heterocycles. The minimum atomic E-state index is -0.315. The van der Waals surface area contributed by atoms with E-state index in [9.17, 15) is 9.59 Å². The summed E-state index contributed by atoms with van der Waals surface area (Å²) in [5.74, 6) is -0.252. The Kier molecular flexibility index (Phi) is 3.92. The molecule has 0 bridgehead atoms. The van der Waals surface area contributed by atoms with Gasteiger partial charge in [-0.15, -0.1) is 0 Å². The predicted molar refractivity (Wildman–Crippen MR) is 80.9 cm³/mol. The number of para-hydroxylation sites is 1. The molecule has 0 spiro atoms. The summed E-state index contributed by atoms with van der Waals surface area (Å²) in [7, 11) is 0. The Labute approximate surface area is 124 Å². The van der Waals surface area contributed by atoms with Gasteiger partial charge in [0.25, 0.3) is 0 Å². The van der Waals surface area contributed by atoms with Crippen molar-refractivity contribution in [2.75, 3.05) is 24.5 Å². The maximum Gasteiger partial charge on any atom is 0.241 e. The lowest BCUT2D eigenvalue weighted by atomic mass is 10.0. The Morgan fingerprint density at radius 1 is 1.19 bits per heavy atom. The van der Waals surface area contributed by atoms with Gasteiger partial charge in [-0.3, -0.25) is 14.5 Å². The van der Waals surface area contributed by atoms with Gasteiger partial charge in [-0.2, -0.15) is 0 Å². The van der Waals surface area contributed by atoms with Crippen molar-refractivity contribution in [1.82, 2.24) is 4.90 Å². The van der Waals surface area contributed by atoms with Gasteiger partial charge in [0.05, 0.1) is 12.6 Å². The number of fused-ring (bicyclic) bond motifs is 1. The van der Waals surface area contributed by atoms with Gasteiger partial charge in [-0.25, -0.2) is 0 Å². The molecule has 0 aliphatic carbocycles. The van der Waals surface area contributed by atoms with E-state index in [-0.39, 0.29) is 24.4 Å². The number of nitrogens with zero attached hydrogens (tertiary/aromatic N) is 2. The maximum atomic E-state index is 12.6. The molecule has 3 rings (SSSR count). The normalized spacial score (nSPS) is 22.1. The van der Waals surface area contributed by atoms with Crippen LogP contribution < -0.4 is 10.6 Å². The van der Waals surface area contributed by atoms with Gasteiger partial charge < -0.3 is 10.6 Å².